The quantitative estimate of drug-likeness (QED) is 0.850. The van der Waals surface area contributed by atoms with Crippen LogP contribution in [0.15, 0.2) is 16.7 Å². The number of nitrogens with one attached hydrogen (secondary N) is 2. The van der Waals surface area contributed by atoms with Crippen LogP contribution in [0.2, 0.25) is 0 Å². The van der Waals surface area contributed by atoms with E-state index in [1.54, 1.807) is 6.20 Å². The minimum absolute atomic E-state index is 0.527. The average molecular weight is 295 g/mol. The fraction of sp³-hybridized carbons (Fsp3) is 0.500. The number of imidazole rings is 1. The molecule has 17 heavy (non-hydrogen) atoms. The summed E-state index contributed by atoms with van der Waals surface area (Å²) in [5.74, 6) is 1.61. The maximum atomic E-state index is 4.60. The first-order valence-electron chi connectivity index (χ1n) is 5.97. The van der Waals surface area contributed by atoms with E-state index in [2.05, 4.69) is 43.1 Å². The molecular weight excluding hydrogens is 280 g/mol. The Hall–Kier alpha value is -0.940. The molecule has 1 saturated heterocycles. The fourth-order valence-electron chi connectivity index (χ4n) is 2.47. The molecule has 3 rings (SSSR count). The van der Waals surface area contributed by atoms with E-state index < -0.39 is 0 Å². The number of pyridine rings is 1. The standard InChI is InChI=1S/C12H15BrN4/c1-7-4-8(2-3-14-7)11-16-10-5-9(13)6-15-12(10)17-11/h5-8,14H,2-4H2,1H3,(H,15,16,17). The van der Waals surface area contributed by atoms with E-state index in [-0.39, 0.29) is 0 Å². The van der Waals surface area contributed by atoms with Crippen molar-refractivity contribution < 1.29 is 0 Å². The Morgan fingerprint density at radius 3 is 3.18 bits per heavy atom. The van der Waals surface area contributed by atoms with Crippen LogP contribution in [0.4, 0.5) is 0 Å². The molecule has 90 valence electrons. The van der Waals surface area contributed by atoms with Gasteiger partial charge < -0.3 is 10.3 Å². The van der Waals surface area contributed by atoms with Crippen molar-refractivity contribution in [2.24, 2.45) is 0 Å². The van der Waals surface area contributed by atoms with E-state index in [1.165, 1.54) is 0 Å². The smallest absolute Gasteiger partial charge is 0.177 e. The van der Waals surface area contributed by atoms with E-state index in [9.17, 15) is 0 Å². The number of hydrogen-bond donors (Lipinski definition) is 2. The number of fused-ring (bicyclic) bond motifs is 1. The largest absolute Gasteiger partial charge is 0.340 e. The van der Waals surface area contributed by atoms with Crippen LogP contribution in [0.5, 0.6) is 0 Å². The van der Waals surface area contributed by atoms with Gasteiger partial charge in [0, 0.05) is 22.6 Å². The van der Waals surface area contributed by atoms with Crippen LogP contribution in [-0.4, -0.2) is 27.5 Å². The third-order valence-electron chi connectivity index (χ3n) is 3.33. The molecule has 2 N–H and O–H groups in total. The van der Waals surface area contributed by atoms with Gasteiger partial charge in [-0.1, -0.05) is 0 Å². The Morgan fingerprint density at radius 2 is 2.35 bits per heavy atom. The van der Waals surface area contributed by atoms with E-state index in [0.29, 0.717) is 12.0 Å². The Labute approximate surface area is 108 Å². The highest BCUT2D eigenvalue weighted by Gasteiger charge is 2.22. The zero-order valence-corrected chi connectivity index (χ0v) is 11.3. The summed E-state index contributed by atoms with van der Waals surface area (Å²) in [6.45, 7) is 3.30. The van der Waals surface area contributed by atoms with Crippen molar-refractivity contribution in [1.82, 2.24) is 20.3 Å². The van der Waals surface area contributed by atoms with Crippen molar-refractivity contribution in [2.75, 3.05) is 6.54 Å². The Balaban J connectivity index is 1.94. The molecule has 2 atom stereocenters. The second-order valence-corrected chi connectivity index (χ2v) is 5.64. The lowest BCUT2D eigenvalue weighted by Crippen LogP contribution is -2.35. The molecule has 5 heteroatoms. The van der Waals surface area contributed by atoms with Gasteiger partial charge in [-0.25, -0.2) is 9.97 Å². The van der Waals surface area contributed by atoms with Crippen molar-refractivity contribution in [3.05, 3.63) is 22.6 Å². The number of aromatic nitrogens is 3. The summed E-state index contributed by atoms with van der Waals surface area (Å²) in [6.07, 6.45) is 4.07. The van der Waals surface area contributed by atoms with E-state index in [1.807, 2.05) is 6.07 Å². The van der Waals surface area contributed by atoms with Gasteiger partial charge in [0.15, 0.2) is 5.65 Å². The van der Waals surface area contributed by atoms with Crippen molar-refractivity contribution in [3.8, 4) is 0 Å². The Morgan fingerprint density at radius 1 is 1.47 bits per heavy atom. The Bertz CT molecular complexity index is 536. The molecule has 1 fully saturated rings. The molecular formula is C12H15BrN4. The molecule has 1 aliphatic heterocycles. The van der Waals surface area contributed by atoms with E-state index in [4.69, 9.17) is 0 Å². The van der Waals surface area contributed by atoms with Crippen molar-refractivity contribution in [1.29, 1.82) is 0 Å². The molecule has 3 heterocycles. The van der Waals surface area contributed by atoms with Crippen LogP contribution in [-0.2, 0) is 0 Å². The number of H-pyrrole nitrogens is 1. The summed E-state index contributed by atoms with van der Waals surface area (Å²) in [6, 6.07) is 2.60. The zero-order chi connectivity index (χ0) is 11.8. The summed E-state index contributed by atoms with van der Waals surface area (Å²) in [4.78, 5) is 12.3. The Kier molecular flexibility index (Phi) is 2.88. The summed E-state index contributed by atoms with van der Waals surface area (Å²) in [5, 5.41) is 3.46. The van der Waals surface area contributed by atoms with Crippen molar-refractivity contribution in [2.45, 2.75) is 31.7 Å². The van der Waals surface area contributed by atoms with Gasteiger partial charge in [0.25, 0.3) is 0 Å². The number of rotatable bonds is 1. The highest BCUT2D eigenvalue weighted by Crippen LogP contribution is 2.27. The molecule has 0 bridgehead atoms. The van der Waals surface area contributed by atoms with Crippen LogP contribution >= 0.6 is 15.9 Å². The van der Waals surface area contributed by atoms with Crippen LogP contribution in [0.25, 0.3) is 11.2 Å². The molecule has 2 unspecified atom stereocenters. The molecule has 1 aliphatic rings. The van der Waals surface area contributed by atoms with Crippen LogP contribution in [0.3, 0.4) is 0 Å². The molecule has 0 aromatic carbocycles. The van der Waals surface area contributed by atoms with Crippen LogP contribution < -0.4 is 5.32 Å². The summed E-state index contributed by atoms with van der Waals surface area (Å²) in [7, 11) is 0. The summed E-state index contributed by atoms with van der Waals surface area (Å²) in [5.41, 5.74) is 1.83. The molecule has 2 aromatic rings. The normalized spacial score (nSPS) is 25.3. The van der Waals surface area contributed by atoms with Crippen molar-refractivity contribution >= 4 is 27.1 Å². The second-order valence-electron chi connectivity index (χ2n) is 4.72. The van der Waals surface area contributed by atoms with Gasteiger partial charge in [0.05, 0.1) is 5.52 Å². The minimum atomic E-state index is 0.527. The zero-order valence-electron chi connectivity index (χ0n) is 9.70. The number of halogens is 1. The predicted octanol–water partition coefficient (Wildman–Crippen LogP) is 2.58. The SMILES string of the molecule is CC1CC(c2nc3ncc(Br)cc3[nH]2)CCN1. The van der Waals surface area contributed by atoms with E-state index >= 15 is 0 Å². The van der Waals surface area contributed by atoms with Gasteiger partial charge in [0.2, 0.25) is 0 Å². The third kappa shape index (κ3) is 2.21. The number of piperidine rings is 1. The lowest BCUT2D eigenvalue weighted by Gasteiger charge is -2.26. The predicted molar refractivity (Wildman–Crippen MR) is 71.0 cm³/mol. The topological polar surface area (TPSA) is 53.6 Å². The maximum Gasteiger partial charge on any atom is 0.177 e. The molecule has 2 aromatic heterocycles. The van der Waals surface area contributed by atoms with Gasteiger partial charge in [-0.2, -0.15) is 0 Å². The summed E-state index contributed by atoms with van der Waals surface area (Å²) < 4.78 is 0.985. The number of hydrogen-bond acceptors (Lipinski definition) is 3. The third-order valence-corrected chi connectivity index (χ3v) is 3.77. The molecule has 0 radical (unpaired) electrons. The lowest BCUT2D eigenvalue weighted by atomic mass is 9.93. The van der Waals surface area contributed by atoms with Gasteiger partial charge in [-0.15, -0.1) is 0 Å². The van der Waals surface area contributed by atoms with Gasteiger partial charge in [0.1, 0.15) is 5.82 Å². The molecule has 0 saturated carbocycles. The molecule has 0 amide bonds. The van der Waals surface area contributed by atoms with Gasteiger partial charge in [-0.3, -0.25) is 0 Å². The average Bonchev–Trinajstić information content (AvgIpc) is 2.72. The first-order chi connectivity index (χ1) is 8.22. The maximum absolute atomic E-state index is 4.60. The fourth-order valence-corrected chi connectivity index (χ4v) is 2.80. The van der Waals surface area contributed by atoms with Gasteiger partial charge >= 0.3 is 0 Å². The molecule has 4 nitrogen and oxygen atoms in total. The molecule has 0 aliphatic carbocycles. The number of nitrogens with zero attached hydrogens (tertiary/aromatic N) is 2. The van der Waals surface area contributed by atoms with Crippen LogP contribution in [0.1, 0.15) is 31.5 Å². The van der Waals surface area contributed by atoms with Crippen LogP contribution in [0, 0.1) is 0 Å². The van der Waals surface area contributed by atoms with Gasteiger partial charge in [-0.05, 0) is 48.3 Å². The monoisotopic (exact) mass is 294 g/mol. The molecule has 0 spiro atoms. The summed E-state index contributed by atoms with van der Waals surface area (Å²) >= 11 is 3.43. The first kappa shape index (κ1) is 11.2. The van der Waals surface area contributed by atoms with Crippen molar-refractivity contribution in [3.63, 3.8) is 0 Å². The lowest BCUT2D eigenvalue weighted by molar-refractivity contribution is 0.373. The number of aromatic amines is 1. The highest BCUT2D eigenvalue weighted by atomic mass is 79.9. The second kappa shape index (κ2) is 4.38. The highest BCUT2D eigenvalue weighted by molar-refractivity contribution is 9.10. The first-order valence-corrected chi connectivity index (χ1v) is 6.76. The van der Waals surface area contributed by atoms with E-state index in [0.717, 1.165) is 40.8 Å². The minimum Gasteiger partial charge on any atom is -0.340 e.